The first kappa shape index (κ1) is 30.5. The van der Waals surface area contributed by atoms with Crippen molar-refractivity contribution in [1.82, 2.24) is 15.2 Å². The number of hydrogen-bond acceptors (Lipinski definition) is 7. The number of H-pyrrole nitrogens is 1. The van der Waals surface area contributed by atoms with Crippen LogP contribution in [0.4, 0.5) is 22.7 Å². The van der Waals surface area contributed by atoms with Crippen molar-refractivity contribution in [3.05, 3.63) is 103 Å². The van der Waals surface area contributed by atoms with Crippen molar-refractivity contribution in [1.29, 1.82) is 0 Å². The number of nitrogens with one attached hydrogen (secondary N) is 1. The molecule has 0 aliphatic carbocycles. The van der Waals surface area contributed by atoms with Gasteiger partial charge in [-0.05, 0) is 68.4 Å². The number of amides is 3. The van der Waals surface area contributed by atoms with Crippen LogP contribution in [-0.4, -0.2) is 65.3 Å². The molecule has 0 saturated carbocycles. The number of rotatable bonds is 9. The first-order valence-corrected chi connectivity index (χ1v) is 14.9. The molecule has 3 heterocycles. The fourth-order valence-electron chi connectivity index (χ4n) is 5.97. The van der Waals surface area contributed by atoms with Crippen molar-refractivity contribution in [2.45, 2.75) is 31.9 Å². The standard InChI is InChI=1S/C35H34N6O5/c1-23(2)40(24-15-17-26(45-3)18-16-24)32(42)22-39-30-13-7-8-14-31(30)41(25-10-9-19-36-21-25)34(44)35(46-4,33(39)43)20-29-27-11-5-6-12-28(27)37-38-29/h5-19,21,23H,20,22H2,1-4H3,(H,37,38)/t35-/m1/s1. The van der Waals surface area contributed by atoms with Crippen molar-refractivity contribution in [3.63, 3.8) is 0 Å². The summed E-state index contributed by atoms with van der Waals surface area (Å²) in [7, 11) is 2.91. The molecule has 6 rings (SSSR count). The number of carbonyl (C=O) groups is 3. The van der Waals surface area contributed by atoms with Gasteiger partial charge < -0.3 is 14.4 Å². The molecule has 0 saturated heterocycles. The number of fused-ring (bicyclic) bond motifs is 2. The van der Waals surface area contributed by atoms with Crippen LogP contribution in [-0.2, 0) is 25.5 Å². The predicted molar refractivity (Wildman–Crippen MR) is 175 cm³/mol. The first-order valence-electron chi connectivity index (χ1n) is 14.9. The van der Waals surface area contributed by atoms with E-state index < -0.39 is 17.4 Å². The molecule has 11 nitrogen and oxygen atoms in total. The summed E-state index contributed by atoms with van der Waals surface area (Å²) in [6, 6.07) is 24.8. The van der Waals surface area contributed by atoms with Crippen molar-refractivity contribution < 1.29 is 23.9 Å². The average molecular weight is 619 g/mol. The van der Waals surface area contributed by atoms with Crippen LogP contribution in [0.1, 0.15) is 19.5 Å². The van der Waals surface area contributed by atoms with Crippen LogP contribution in [0, 0.1) is 0 Å². The maximum absolute atomic E-state index is 15.0. The lowest BCUT2D eigenvalue weighted by atomic mass is 9.92. The van der Waals surface area contributed by atoms with Crippen LogP contribution in [0.5, 0.6) is 5.75 Å². The Morgan fingerprint density at radius 1 is 0.913 bits per heavy atom. The maximum atomic E-state index is 15.0. The summed E-state index contributed by atoms with van der Waals surface area (Å²) in [5.74, 6) is -0.987. The second kappa shape index (κ2) is 12.4. The lowest BCUT2D eigenvalue weighted by molar-refractivity contribution is -0.153. The highest BCUT2D eigenvalue weighted by Gasteiger charge is 2.55. The van der Waals surface area contributed by atoms with Gasteiger partial charge in [0.25, 0.3) is 11.8 Å². The minimum atomic E-state index is -2.08. The largest absolute Gasteiger partial charge is 0.497 e. The summed E-state index contributed by atoms with van der Waals surface area (Å²) in [6.07, 6.45) is 2.99. The zero-order valence-electron chi connectivity index (χ0n) is 26.0. The summed E-state index contributed by atoms with van der Waals surface area (Å²) in [5, 5.41) is 8.15. The van der Waals surface area contributed by atoms with Crippen LogP contribution < -0.4 is 19.4 Å². The highest BCUT2D eigenvalue weighted by molar-refractivity contribution is 6.26. The topological polar surface area (TPSA) is 121 Å². The first-order chi connectivity index (χ1) is 22.3. The monoisotopic (exact) mass is 618 g/mol. The van der Waals surface area contributed by atoms with Crippen LogP contribution in [0.2, 0.25) is 0 Å². The van der Waals surface area contributed by atoms with Gasteiger partial charge in [0.1, 0.15) is 12.3 Å². The van der Waals surface area contributed by atoms with Crippen molar-refractivity contribution in [3.8, 4) is 5.75 Å². The minimum absolute atomic E-state index is 0.163. The van der Waals surface area contributed by atoms with Crippen LogP contribution in [0.25, 0.3) is 10.9 Å². The third kappa shape index (κ3) is 5.24. The summed E-state index contributed by atoms with van der Waals surface area (Å²) in [4.78, 5) is 52.7. The maximum Gasteiger partial charge on any atom is 0.274 e. The third-order valence-corrected chi connectivity index (χ3v) is 8.20. The molecule has 1 atom stereocenters. The number of aromatic nitrogens is 3. The van der Waals surface area contributed by atoms with Crippen LogP contribution in [0.3, 0.4) is 0 Å². The van der Waals surface area contributed by atoms with E-state index in [1.165, 1.54) is 16.9 Å². The molecule has 3 amide bonds. The molecule has 2 aromatic heterocycles. The molecule has 46 heavy (non-hydrogen) atoms. The molecule has 1 N–H and O–H groups in total. The predicted octanol–water partition coefficient (Wildman–Crippen LogP) is 5.05. The fourth-order valence-corrected chi connectivity index (χ4v) is 5.97. The molecule has 0 radical (unpaired) electrons. The number of nitrogens with zero attached hydrogens (tertiary/aromatic N) is 5. The Labute approximate surface area is 266 Å². The van der Waals surface area contributed by atoms with Gasteiger partial charge in [-0.2, -0.15) is 5.10 Å². The molecule has 0 bridgehead atoms. The Hall–Kier alpha value is -5.55. The normalized spacial score (nSPS) is 16.5. The second-order valence-corrected chi connectivity index (χ2v) is 11.2. The van der Waals surface area contributed by atoms with E-state index in [2.05, 4.69) is 15.2 Å². The number of aromatic amines is 1. The number of hydrogen-bond donors (Lipinski definition) is 1. The smallest absolute Gasteiger partial charge is 0.274 e. The van der Waals surface area contributed by atoms with E-state index in [4.69, 9.17) is 9.47 Å². The molecular formula is C35H34N6O5. The quantitative estimate of drug-likeness (QED) is 0.230. The lowest BCUT2D eigenvalue weighted by Gasteiger charge is -2.34. The zero-order chi connectivity index (χ0) is 32.4. The molecular weight excluding hydrogens is 584 g/mol. The molecule has 234 valence electrons. The van der Waals surface area contributed by atoms with Gasteiger partial charge in [0.2, 0.25) is 11.5 Å². The SMILES string of the molecule is COc1ccc(N(C(=O)CN2C(=O)[C@@](Cc3[nH]nc4ccccc34)(OC)C(=O)N(c3cccnc3)c3ccccc32)C(C)C)cc1. The molecule has 11 heteroatoms. The highest BCUT2D eigenvalue weighted by atomic mass is 16.5. The molecule has 5 aromatic rings. The van der Waals surface area contributed by atoms with Gasteiger partial charge in [0.15, 0.2) is 0 Å². The van der Waals surface area contributed by atoms with Crippen LogP contribution in [0.15, 0.2) is 97.3 Å². The van der Waals surface area contributed by atoms with Crippen molar-refractivity contribution >= 4 is 51.4 Å². The number of methoxy groups -OCH3 is 2. The number of ether oxygens (including phenoxy) is 2. The third-order valence-electron chi connectivity index (χ3n) is 8.20. The summed E-state index contributed by atoms with van der Waals surface area (Å²) < 4.78 is 11.3. The van der Waals surface area contributed by atoms with Gasteiger partial charge >= 0.3 is 0 Å². The van der Waals surface area contributed by atoms with Gasteiger partial charge in [-0.15, -0.1) is 0 Å². The Kier molecular flexibility index (Phi) is 8.25. The molecule has 1 aliphatic rings. The number of carbonyl (C=O) groups excluding carboxylic acids is 3. The Morgan fingerprint density at radius 3 is 2.30 bits per heavy atom. The van der Waals surface area contributed by atoms with E-state index in [9.17, 15) is 14.4 Å². The number of para-hydroxylation sites is 3. The van der Waals surface area contributed by atoms with E-state index in [0.29, 0.717) is 39.7 Å². The Balaban J connectivity index is 1.50. The van der Waals surface area contributed by atoms with Gasteiger partial charge in [-0.3, -0.25) is 34.3 Å². The number of benzene rings is 3. The average Bonchev–Trinajstić information content (AvgIpc) is 3.46. The molecule has 0 unspecified atom stereocenters. The van der Waals surface area contributed by atoms with E-state index in [1.807, 2.05) is 38.1 Å². The van der Waals surface area contributed by atoms with E-state index >= 15 is 0 Å². The van der Waals surface area contributed by atoms with E-state index in [-0.39, 0.29) is 24.9 Å². The fraction of sp³-hybridized carbons (Fsp3) is 0.229. The molecule has 3 aromatic carbocycles. The van der Waals surface area contributed by atoms with Gasteiger partial charge in [0, 0.05) is 42.5 Å². The number of pyridine rings is 1. The molecule has 0 fully saturated rings. The lowest BCUT2D eigenvalue weighted by Crippen LogP contribution is -2.60. The summed E-state index contributed by atoms with van der Waals surface area (Å²) in [5.41, 5.74) is 1.03. The van der Waals surface area contributed by atoms with E-state index in [1.54, 1.807) is 85.1 Å². The summed E-state index contributed by atoms with van der Waals surface area (Å²) in [6.45, 7) is 3.44. The van der Waals surface area contributed by atoms with Crippen molar-refractivity contribution in [2.24, 2.45) is 0 Å². The van der Waals surface area contributed by atoms with E-state index in [0.717, 1.165) is 5.39 Å². The zero-order valence-corrected chi connectivity index (χ0v) is 26.0. The number of anilines is 4. The Bertz CT molecular complexity index is 1890. The van der Waals surface area contributed by atoms with Gasteiger partial charge in [0.05, 0.1) is 35.9 Å². The summed E-state index contributed by atoms with van der Waals surface area (Å²) >= 11 is 0. The molecule has 1 aliphatic heterocycles. The molecule has 0 spiro atoms. The van der Waals surface area contributed by atoms with Gasteiger partial charge in [-0.25, -0.2) is 0 Å². The minimum Gasteiger partial charge on any atom is -0.497 e. The van der Waals surface area contributed by atoms with Crippen molar-refractivity contribution in [2.75, 3.05) is 35.5 Å². The highest BCUT2D eigenvalue weighted by Crippen LogP contribution is 2.42. The Morgan fingerprint density at radius 2 is 1.63 bits per heavy atom. The van der Waals surface area contributed by atoms with Gasteiger partial charge in [-0.1, -0.05) is 30.3 Å². The van der Waals surface area contributed by atoms with Crippen LogP contribution >= 0.6 is 0 Å². The second-order valence-electron chi connectivity index (χ2n) is 11.2.